The number of nitrogens with zero attached hydrogens (tertiary/aromatic N) is 1. The molecule has 19 heavy (non-hydrogen) atoms. The van der Waals surface area contributed by atoms with Crippen LogP contribution in [0.15, 0.2) is 59.6 Å². The molecule has 0 heterocycles. The fourth-order valence-corrected chi connectivity index (χ4v) is 1.96. The highest BCUT2D eigenvalue weighted by atomic mass is 14.7. The molecular formula is C18H21N. The van der Waals surface area contributed by atoms with Gasteiger partial charge in [-0.15, -0.1) is 0 Å². The van der Waals surface area contributed by atoms with Crippen LogP contribution >= 0.6 is 0 Å². The van der Waals surface area contributed by atoms with Crippen LogP contribution in [0, 0.1) is 6.92 Å². The zero-order chi connectivity index (χ0) is 13.5. The Hall–Kier alpha value is -1.89. The molecule has 2 aromatic carbocycles. The maximum absolute atomic E-state index is 4.61. The Kier molecular flexibility index (Phi) is 4.91. The van der Waals surface area contributed by atoms with Gasteiger partial charge in [0, 0.05) is 12.3 Å². The summed E-state index contributed by atoms with van der Waals surface area (Å²) in [7, 11) is 0. The van der Waals surface area contributed by atoms with Crippen LogP contribution in [0.2, 0.25) is 0 Å². The molecule has 1 unspecified atom stereocenters. The summed E-state index contributed by atoms with van der Waals surface area (Å²) in [5.41, 5.74) is 3.85. The molecule has 0 aromatic heterocycles. The lowest BCUT2D eigenvalue weighted by molar-refractivity contribution is 0.671. The highest BCUT2D eigenvalue weighted by Crippen LogP contribution is 2.07. The Morgan fingerprint density at radius 1 is 1.00 bits per heavy atom. The van der Waals surface area contributed by atoms with Crippen molar-refractivity contribution in [2.75, 3.05) is 0 Å². The first-order valence-corrected chi connectivity index (χ1v) is 6.88. The molecule has 98 valence electrons. The van der Waals surface area contributed by atoms with Crippen LogP contribution < -0.4 is 0 Å². The molecule has 1 nitrogen and oxygen atoms in total. The molecule has 2 aromatic rings. The van der Waals surface area contributed by atoms with Crippen LogP contribution in [0.25, 0.3) is 0 Å². The molecule has 1 atom stereocenters. The SMILES string of the molecule is Cc1ccc(C=NC(C)CCc2ccccc2)cc1. The number of hydrogen-bond acceptors (Lipinski definition) is 1. The summed E-state index contributed by atoms with van der Waals surface area (Å²) >= 11 is 0. The average molecular weight is 251 g/mol. The van der Waals surface area contributed by atoms with Crippen LogP contribution in [0.1, 0.15) is 30.0 Å². The Morgan fingerprint density at radius 3 is 2.37 bits per heavy atom. The number of aliphatic imine (C=N–C) groups is 1. The van der Waals surface area contributed by atoms with Crippen LogP contribution in [-0.4, -0.2) is 12.3 Å². The number of aryl methyl sites for hydroxylation is 2. The lowest BCUT2D eigenvalue weighted by atomic mass is 10.1. The predicted molar refractivity (Wildman–Crippen MR) is 83.0 cm³/mol. The highest BCUT2D eigenvalue weighted by Gasteiger charge is 1.99. The van der Waals surface area contributed by atoms with E-state index in [9.17, 15) is 0 Å². The van der Waals surface area contributed by atoms with Gasteiger partial charge in [-0.2, -0.15) is 0 Å². The smallest absolute Gasteiger partial charge is 0.0474 e. The maximum atomic E-state index is 4.61. The molecular weight excluding hydrogens is 230 g/mol. The summed E-state index contributed by atoms with van der Waals surface area (Å²) in [5.74, 6) is 0. The molecule has 0 aliphatic carbocycles. The minimum atomic E-state index is 0.363. The molecule has 0 fully saturated rings. The molecule has 0 spiro atoms. The van der Waals surface area contributed by atoms with E-state index >= 15 is 0 Å². The second-order valence-corrected chi connectivity index (χ2v) is 5.06. The van der Waals surface area contributed by atoms with E-state index in [0.717, 1.165) is 12.8 Å². The van der Waals surface area contributed by atoms with Gasteiger partial charge in [0.05, 0.1) is 0 Å². The second kappa shape index (κ2) is 6.89. The molecule has 0 aliphatic heterocycles. The van der Waals surface area contributed by atoms with Gasteiger partial charge >= 0.3 is 0 Å². The first kappa shape index (κ1) is 13.5. The van der Waals surface area contributed by atoms with Crippen molar-refractivity contribution >= 4 is 6.21 Å². The first-order valence-electron chi connectivity index (χ1n) is 6.88. The Balaban J connectivity index is 1.84. The van der Waals surface area contributed by atoms with Crippen molar-refractivity contribution in [2.24, 2.45) is 4.99 Å². The van der Waals surface area contributed by atoms with Crippen molar-refractivity contribution in [3.63, 3.8) is 0 Å². The number of benzene rings is 2. The van der Waals surface area contributed by atoms with Gasteiger partial charge in [-0.25, -0.2) is 0 Å². The molecule has 0 saturated carbocycles. The number of rotatable bonds is 5. The monoisotopic (exact) mass is 251 g/mol. The number of hydrogen-bond donors (Lipinski definition) is 0. The summed E-state index contributed by atoms with van der Waals surface area (Å²) in [6.45, 7) is 4.27. The van der Waals surface area contributed by atoms with Crippen molar-refractivity contribution in [3.05, 3.63) is 71.3 Å². The fourth-order valence-electron chi connectivity index (χ4n) is 1.96. The maximum Gasteiger partial charge on any atom is 0.0474 e. The fraction of sp³-hybridized carbons (Fsp3) is 0.278. The van der Waals surface area contributed by atoms with Crippen molar-refractivity contribution in [2.45, 2.75) is 32.7 Å². The molecule has 0 bridgehead atoms. The van der Waals surface area contributed by atoms with Crippen molar-refractivity contribution in [3.8, 4) is 0 Å². The lowest BCUT2D eigenvalue weighted by Gasteiger charge is -2.06. The Labute approximate surface area is 116 Å². The van der Waals surface area contributed by atoms with E-state index in [2.05, 4.69) is 73.4 Å². The zero-order valence-electron chi connectivity index (χ0n) is 11.7. The molecule has 1 heteroatoms. The van der Waals surface area contributed by atoms with Gasteiger partial charge in [0.1, 0.15) is 0 Å². The van der Waals surface area contributed by atoms with Crippen LogP contribution in [0.4, 0.5) is 0 Å². The van der Waals surface area contributed by atoms with E-state index in [-0.39, 0.29) is 0 Å². The van der Waals surface area contributed by atoms with Crippen molar-refractivity contribution in [1.82, 2.24) is 0 Å². The molecule has 0 amide bonds. The quantitative estimate of drug-likeness (QED) is 0.697. The Bertz CT molecular complexity index is 511. The summed E-state index contributed by atoms with van der Waals surface area (Å²) in [6, 6.07) is 19.4. The molecule has 0 N–H and O–H groups in total. The van der Waals surface area contributed by atoms with Gasteiger partial charge in [-0.05, 0) is 37.8 Å². The molecule has 0 saturated heterocycles. The topological polar surface area (TPSA) is 12.4 Å². The van der Waals surface area contributed by atoms with Crippen LogP contribution in [0.3, 0.4) is 0 Å². The molecule has 2 rings (SSSR count). The third-order valence-corrected chi connectivity index (χ3v) is 3.25. The van der Waals surface area contributed by atoms with Crippen molar-refractivity contribution < 1.29 is 0 Å². The van der Waals surface area contributed by atoms with E-state index in [1.54, 1.807) is 0 Å². The summed E-state index contributed by atoms with van der Waals surface area (Å²) < 4.78 is 0. The van der Waals surface area contributed by atoms with E-state index in [4.69, 9.17) is 0 Å². The van der Waals surface area contributed by atoms with Gasteiger partial charge in [-0.1, -0.05) is 60.2 Å². The van der Waals surface area contributed by atoms with E-state index in [1.807, 2.05) is 6.21 Å². The second-order valence-electron chi connectivity index (χ2n) is 5.06. The van der Waals surface area contributed by atoms with Gasteiger partial charge in [0.2, 0.25) is 0 Å². The summed E-state index contributed by atoms with van der Waals surface area (Å²) in [5, 5.41) is 0. The largest absolute Gasteiger partial charge is 0.290 e. The highest BCUT2D eigenvalue weighted by molar-refractivity contribution is 5.79. The van der Waals surface area contributed by atoms with Crippen molar-refractivity contribution in [1.29, 1.82) is 0 Å². The first-order chi connectivity index (χ1) is 9.24. The van der Waals surface area contributed by atoms with E-state index in [1.165, 1.54) is 16.7 Å². The molecule has 0 radical (unpaired) electrons. The zero-order valence-corrected chi connectivity index (χ0v) is 11.7. The van der Waals surface area contributed by atoms with Gasteiger partial charge in [-0.3, -0.25) is 4.99 Å². The minimum absolute atomic E-state index is 0.363. The third-order valence-electron chi connectivity index (χ3n) is 3.25. The predicted octanol–water partition coefficient (Wildman–Crippen LogP) is 4.44. The van der Waals surface area contributed by atoms with Gasteiger partial charge < -0.3 is 0 Å². The lowest BCUT2D eigenvalue weighted by Crippen LogP contribution is -2.01. The summed E-state index contributed by atoms with van der Waals surface area (Å²) in [4.78, 5) is 4.61. The average Bonchev–Trinajstić information content (AvgIpc) is 2.45. The Morgan fingerprint density at radius 2 is 1.68 bits per heavy atom. The summed E-state index contributed by atoms with van der Waals surface area (Å²) in [6.07, 6.45) is 4.16. The normalized spacial score (nSPS) is 12.7. The van der Waals surface area contributed by atoms with Gasteiger partial charge in [0.15, 0.2) is 0 Å². The van der Waals surface area contributed by atoms with E-state index < -0.39 is 0 Å². The van der Waals surface area contributed by atoms with Crippen LogP contribution in [0.5, 0.6) is 0 Å². The third kappa shape index (κ3) is 4.70. The standard InChI is InChI=1S/C18H21N/c1-15-8-11-18(12-9-15)14-19-16(2)10-13-17-6-4-3-5-7-17/h3-9,11-12,14,16H,10,13H2,1-2H3. The molecule has 0 aliphatic rings. The van der Waals surface area contributed by atoms with Crippen LogP contribution in [-0.2, 0) is 6.42 Å². The van der Waals surface area contributed by atoms with E-state index in [0.29, 0.717) is 6.04 Å². The minimum Gasteiger partial charge on any atom is -0.290 e. The van der Waals surface area contributed by atoms with Gasteiger partial charge in [0.25, 0.3) is 0 Å².